The molecule has 3 N–H and O–H groups in total. The number of fused-ring (bicyclic) bond motifs is 1. The molecule has 1 aliphatic heterocycles. The van der Waals surface area contributed by atoms with Gasteiger partial charge in [0.2, 0.25) is 5.91 Å². The largest absolute Gasteiger partial charge is 0.338 e. The predicted molar refractivity (Wildman–Crippen MR) is 110 cm³/mol. The van der Waals surface area contributed by atoms with Crippen molar-refractivity contribution in [2.24, 2.45) is 11.8 Å². The van der Waals surface area contributed by atoms with Gasteiger partial charge in [-0.2, -0.15) is 0 Å². The van der Waals surface area contributed by atoms with E-state index >= 15 is 0 Å². The molecule has 5 nitrogen and oxygen atoms in total. The van der Waals surface area contributed by atoms with Gasteiger partial charge >= 0.3 is 0 Å². The number of hydrogen-bond acceptors (Lipinski definition) is 3. The number of piperidine rings is 1. The van der Waals surface area contributed by atoms with Crippen LogP contribution in [0.1, 0.15) is 26.2 Å². The van der Waals surface area contributed by atoms with Crippen LogP contribution in [0.2, 0.25) is 0 Å². The number of carbonyl (C=O) groups is 1. The Bertz CT molecular complexity index is 894. The van der Waals surface area contributed by atoms with Crippen LogP contribution in [0, 0.1) is 11.8 Å². The van der Waals surface area contributed by atoms with Crippen LogP contribution >= 0.6 is 0 Å². The van der Waals surface area contributed by atoms with Crippen LogP contribution in [0.3, 0.4) is 0 Å². The minimum atomic E-state index is 0.0737. The lowest BCUT2D eigenvalue weighted by atomic mass is 9.84. The fourth-order valence-electron chi connectivity index (χ4n) is 3.95. The third-order valence-electron chi connectivity index (χ3n) is 5.54. The van der Waals surface area contributed by atoms with E-state index in [0.717, 1.165) is 54.0 Å². The van der Waals surface area contributed by atoms with Crippen molar-refractivity contribution in [1.29, 1.82) is 0 Å². The van der Waals surface area contributed by atoms with Crippen LogP contribution in [-0.4, -0.2) is 29.0 Å². The minimum Gasteiger partial charge on any atom is -0.338 e. The number of aromatic nitrogens is 2. The zero-order chi connectivity index (χ0) is 18.6. The average Bonchev–Trinajstić information content (AvgIpc) is 3.13. The van der Waals surface area contributed by atoms with Gasteiger partial charge in [-0.25, -0.2) is 4.98 Å². The average molecular weight is 362 g/mol. The van der Waals surface area contributed by atoms with E-state index < -0.39 is 0 Å². The lowest BCUT2D eigenvalue weighted by Crippen LogP contribution is -2.32. The van der Waals surface area contributed by atoms with Gasteiger partial charge in [0, 0.05) is 12.0 Å². The van der Waals surface area contributed by atoms with Crippen molar-refractivity contribution in [2.75, 3.05) is 18.4 Å². The Balaban J connectivity index is 1.50. The van der Waals surface area contributed by atoms with Gasteiger partial charge in [0.1, 0.15) is 5.82 Å². The predicted octanol–water partition coefficient (Wildman–Crippen LogP) is 4.19. The van der Waals surface area contributed by atoms with Crippen molar-refractivity contribution >= 4 is 22.6 Å². The van der Waals surface area contributed by atoms with Crippen LogP contribution in [0.25, 0.3) is 22.4 Å². The Kier molecular flexibility index (Phi) is 5.21. The SMILES string of the molecule is CC(CC(=O)Nc1ccccc1-c1nc2ccccc2[nH]1)C1CCNCC1. The molecule has 27 heavy (non-hydrogen) atoms. The van der Waals surface area contributed by atoms with E-state index in [1.807, 2.05) is 48.5 Å². The van der Waals surface area contributed by atoms with Crippen LogP contribution in [0.15, 0.2) is 48.5 Å². The maximum absolute atomic E-state index is 12.7. The van der Waals surface area contributed by atoms with Crippen molar-refractivity contribution in [2.45, 2.75) is 26.2 Å². The fraction of sp³-hybridized carbons (Fsp3) is 0.364. The van der Waals surface area contributed by atoms with Gasteiger partial charge in [-0.05, 0) is 62.0 Å². The summed E-state index contributed by atoms with van der Waals surface area (Å²) in [7, 11) is 0. The zero-order valence-electron chi connectivity index (χ0n) is 15.7. The summed E-state index contributed by atoms with van der Waals surface area (Å²) in [6.07, 6.45) is 2.87. The zero-order valence-corrected chi connectivity index (χ0v) is 15.7. The van der Waals surface area contributed by atoms with Gasteiger partial charge in [-0.15, -0.1) is 0 Å². The Hall–Kier alpha value is -2.66. The van der Waals surface area contributed by atoms with Crippen molar-refractivity contribution in [1.82, 2.24) is 15.3 Å². The summed E-state index contributed by atoms with van der Waals surface area (Å²) in [6, 6.07) is 15.8. The van der Waals surface area contributed by atoms with Crippen molar-refractivity contribution in [3.05, 3.63) is 48.5 Å². The lowest BCUT2D eigenvalue weighted by Gasteiger charge is -2.28. The van der Waals surface area contributed by atoms with Crippen molar-refractivity contribution < 1.29 is 4.79 Å². The summed E-state index contributed by atoms with van der Waals surface area (Å²) in [5, 5.41) is 6.50. The second-order valence-electron chi connectivity index (χ2n) is 7.47. The van der Waals surface area contributed by atoms with Crippen molar-refractivity contribution in [3.63, 3.8) is 0 Å². The number of rotatable bonds is 5. The first-order valence-corrected chi connectivity index (χ1v) is 9.75. The molecular formula is C22H26N4O. The molecule has 0 aliphatic carbocycles. The Labute approximate surface area is 159 Å². The first-order chi connectivity index (χ1) is 13.2. The monoisotopic (exact) mass is 362 g/mol. The number of para-hydroxylation sites is 3. The molecular weight excluding hydrogens is 336 g/mol. The van der Waals surface area contributed by atoms with Gasteiger partial charge in [0.15, 0.2) is 0 Å². The molecule has 5 heteroatoms. The number of amides is 1. The highest BCUT2D eigenvalue weighted by Crippen LogP contribution is 2.29. The molecule has 3 aromatic rings. The Morgan fingerprint density at radius 2 is 1.89 bits per heavy atom. The molecule has 2 heterocycles. The van der Waals surface area contributed by atoms with E-state index in [-0.39, 0.29) is 5.91 Å². The highest BCUT2D eigenvalue weighted by molar-refractivity contribution is 5.95. The number of anilines is 1. The summed E-state index contributed by atoms with van der Waals surface area (Å²) in [4.78, 5) is 20.7. The number of H-pyrrole nitrogens is 1. The second-order valence-corrected chi connectivity index (χ2v) is 7.47. The third kappa shape index (κ3) is 4.03. The molecule has 1 aliphatic rings. The topological polar surface area (TPSA) is 69.8 Å². The van der Waals surface area contributed by atoms with Gasteiger partial charge in [-0.3, -0.25) is 4.79 Å². The molecule has 2 aromatic carbocycles. The maximum Gasteiger partial charge on any atom is 0.224 e. The van der Waals surface area contributed by atoms with Crippen LogP contribution in [0.5, 0.6) is 0 Å². The van der Waals surface area contributed by atoms with Crippen LogP contribution < -0.4 is 10.6 Å². The standard InChI is InChI=1S/C22H26N4O/c1-15(16-10-12-23-13-11-16)14-21(27)24-18-7-3-2-6-17(18)22-25-19-8-4-5-9-20(19)26-22/h2-9,15-16,23H,10-14H2,1H3,(H,24,27)(H,25,26). The minimum absolute atomic E-state index is 0.0737. The summed E-state index contributed by atoms with van der Waals surface area (Å²) < 4.78 is 0. The number of hydrogen-bond donors (Lipinski definition) is 3. The molecule has 1 atom stereocenters. The number of nitrogens with zero attached hydrogens (tertiary/aromatic N) is 1. The van der Waals surface area contributed by atoms with E-state index in [1.54, 1.807) is 0 Å². The molecule has 140 valence electrons. The third-order valence-corrected chi connectivity index (χ3v) is 5.54. The molecule has 1 fully saturated rings. The van der Waals surface area contributed by atoms with E-state index in [1.165, 1.54) is 0 Å². The first kappa shape index (κ1) is 17.7. The molecule has 4 rings (SSSR count). The van der Waals surface area contributed by atoms with Gasteiger partial charge < -0.3 is 15.6 Å². The molecule has 1 aromatic heterocycles. The Morgan fingerprint density at radius 3 is 2.70 bits per heavy atom. The number of imidazole rings is 1. The second kappa shape index (κ2) is 7.92. The van der Waals surface area contributed by atoms with Gasteiger partial charge in [0.25, 0.3) is 0 Å². The highest BCUT2D eigenvalue weighted by atomic mass is 16.1. The lowest BCUT2D eigenvalue weighted by molar-refractivity contribution is -0.117. The van der Waals surface area contributed by atoms with E-state index in [2.05, 4.69) is 27.5 Å². The van der Waals surface area contributed by atoms with Gasteiger partial charge in [-0.1, -0.05) is 31.2 Å². The molecule has 0 spiro atoms. The number of aromatic amines is 1. The summed E-state index contributed by atoms with van der Waals surface area (Å²) in [5.74, 6) is 1.87. The van der Waals surface area contributed by atoms with E-state index in [4.69, 9.17) is 0 Å². The number of carbonyl (C=O) groups excluding carboxylic acids is 1. The van der Waals surface area contributed by atoms with E-state index in [0.29, 0.717) is 18.3 Å². The quantitative estimate of drug-likeness (QED) is 0.637. The number of nitrogens with one attached hydrogen (secondary N) is 3. The highest BCUT2D eigenvalue weighted by Gasteiger charge is 2.22. The fourth-order valence-corrected chi connectivity index (χ4v) is 3.95. The van der Waals surface area contributed by atoms with Gasteiger partial charge in [0.05, 0.1) is 16.7 Å². The summed E-state index contributed by atoms with van der Waals surface area (Å²) >= 11 is 0. The maximum atomic E-state index is 12.7. The van der Waals surface area contributed by atoms with Crippen molar-refractivity contribution in [3.8, 4) is 11.4 Å². The van der Waals surface area contributed by atoms with Crippen LogP contribution in [-0.2, 0) is 4.79 Å². The normalized spacial score (nSPS) is 16.3. The molecule has 0 saturated carbocycles. The molecule has 1 amide bonds. The molecule has 0 bridgehead atoms. The molecule has 1 saturated heterocycles. The molecule has 1 unspecified atom stereocenters. The summed E-state index contributed by atoms with van der Waals surface area (Å²) in [5.41, 5.74) is 3.64. The first-order valence-electron chi connectivity index (χ1n) is 9.75. The molecule has 0 radical (unpaired) electrons. The van der Waals surface area contributed by atoms with E-state index in [9.17, 15) is 4.79 Å². The smallest absolute Gasteiger partial charge is 0.224 e. The Morgan fingerprint density at radius 1 is 1.15 bits per heavy atom. The summed E-state index contributed by atoms with van der Waals surface area (Å²) in [6.45, 7) is 4.32. The number of benzene rings is 2. The van der Waals surface area contributed by atoms with Crippen LogP contribution in [0.4, 0.5) is 5.69 Å².